The topological polar surface area (TPSA) is 91.9 Å². The Labute approximate surface area is 256 Å². The summed E-state index contributed by atoms with van der Waals surface area (Å²) >= 11 is 6.68. The highest BCUT2D eigenvalue weighted by molar-refractivity contribution is 6.45. The maximum absolute atomic E-state index is 14.1. The minimum absolute atomic E-state index is 0.0445. The summed E-state index contributed by atoms with van der Waals surface area (Å²) in [6.07, 6.45) is 3.21. The first kappa shape index (κ1) is 29.0. The molecule has 1 unspecified atom stereocenters. The van der Waals surface area contributed by atoms with E-state index in [0.717, 1.165) is 12.8 Å². The van der Waals surface area contributed by atoms with Gasteiger partial charge in [-0.1, -0.05) is 72.3 Å². The van der Waals surface area contributed by atoms with Crippen LogP contribution in [0.25, 0.3) is 10.9 Å². The van der Waals surface area contributed by atoms with E-state index in [1.807, 2.05) is 17.0 Å². The van der Waals surface area contributed by atoms with Gasteiger partial charge in [-0.25, -0.2) is 0 Å². The third-order valence-corrected chi connectivity index (χ3v) is 9.15. The molecule has 2 atom stereocenters. The molecule has 8 nitrogen and oxygen atoms in total. The second kappa shape index (κ2) is 11.9. The average Bonchev–Trinajstić information content (AvgIpc) is 3.67. The fraction of sp³-hybridized carbons (Fsp3) is 0.324. The predicted octanol–water partition coefficient (Wildman–Crippen LogP) is 5.14. The molecule has 0 radical (unpaired) electrons. The van der Waals surface area contributed by atoms with E-state index in [2.05, 4.69) is 67.3 Å². The normalized spacial score (nSPS) is 19.3. The Morgan fingerprint density at radius 2 is 1.44 bits per heavy atom. The quantitative estimate of drug-likeness (QED) is 0.189. The summed E-state index contributed by atoms with van der Waals surface area (Å²) in [7, 11) is 0. The molecule has 2 aliphatic rings. The molecule has 3 aromatic carbocycles. The molecular formula is C34H36ClN5O3. The van der Waals surface area contributed by atoms with Crippen molar-refractivity contribution < 1.29 is 14.4 Å². The lowest BCUT2D eigenvalue weighted by atomic mass is 9.93. The highest BCUT2D eigenvalue weighted by Crippen LogP contribution is 2.35. The van der Waals surface area contributed by atoms with Crippen LogP contribution in [0.2, 0.25) is 5.02 Å². The van der Waals surface area contributed by atoms with E-state index in [9.17, 15) is 14.4 Å². The zero-order chi connectivity index (χ0) is 30.2. The summed E-state index contributed by atoms with van der Waals surface area (Å²) < 4.78 is 1.29. The number of benzene rings is 3. The van der Waals surface area contributed by atoms with Gasteiger partial charge in [0.2, 0.25) is 0 Å². The molecule has 43 heavy (non-hydrogen) atoms. The number of amides is 2. The number of hydrogen-bond acceptors (Lipinski definition) is 5. The summed E-state index contributed by atoms with van der Waals surface area (Å²) in [5.41, 5.74) is 3.36. The van der Waals surface area contributed by atoms with Gasteiger partial charge in [0.1, 0.15) is 0 Å². The fourth-order valence-corrected chi connectivity index (χ4v) is 6.83. The zero-order valence-electron chi connectivity index (χ0n) is 24.4. The van der Waals surface area contributed by atoms with Crippen molar-refractivity contribution in [3.8, 4) is 0 Å². The summed E-state index contributed by atoms with van der Waals surface area (Å²) in [4.78, 5) is 46.2. The third kappa shape index (κ3) is 5.41. The van der Waals surface area contributed by atoms with Gasteiger partial charge in [0.15, 0.2) is 0 Å². The Morgan fingerprint density at radius 3 is 2.05 bits per heavy atom. The van der Waals surface area contributed by atoms with Gasteiger partial charge in [0.05, 0.1) is 27.7 Å². The monoisotopic (exact) mass is 597 g/mol. The van der Waals surface area contributed by atoms with Crippen LogP contribution in [0.1, 0.15) is 64.6 Å². The van der Waals surface area contributed by atoms with Crippen LogP contribution in [0.15, 0.2) is 79.0 Å². The molecule has 0 spiro atoms. The molecule has 2 aliphatic heterocycles. The molecule has 2 fully saturated rings. The second-order valence-corrected chi connectivity index (χ2v) is 12.1. The lowest BCUT2D eigenvalue weighted by molar-refractivity contribution is -0.125. The largest absolute Gasteiger partial charge is 0.339 e. The number of ketones is 1. The molecule has 6 rings (SSSR count). The van der Waals surface area contributed by atoms with Crippen molar-refractivity contribution in [1.29, 1.82) is 0 Å². The van der Waals surface area contributed by atoms with Crippen molar-refractivity contribution >= 4 is 40.1 Å². The van der Waals surface area contributed by atoms with Crippen LogP contribution in [0, 0.1) is 0 Å². The van der Waals surface area contributed by atoms with Crippen LogP contribution in [-0.2, 0) is 4.79 Å². The summed E-state index contributed by atoms with van der Waals surface area (Å²) in [5.74, 6) is 4.79. The van der Waals surface area contributed by atoms with Gasteiger partial charge in [-0.2, -0.15) is 0 Å². The number of halogens is 1. The van der Waals surface area contributed by atoms with Gasteiger partial charge in [-0.15, -0.1) is 0 Å². The first-order valence-corrected chi connectivity index (χ1v) is 15.2. The predicted molar refractivity (Wildman–Crippen MR) is 169 cm³/mol. The molecule has 0 aliphatic carbocycles. The molecule has 1 aromatic heterocycles. The van der Waals surface area contributed by atoms with Gasteiger partial charge in [-0.05, 0) is 49.9 Å². The first-order valence-electron chi connectivity index (χ1n) is 14.8. The Morgan fingerprint density at radius 1 is 0.837 bits per heavy atom. The van der Waals surface area contributed by atoms with E-state index in [1.54, 1.807) is 17.0 Å². The summed E-state index contributed by atoms with van der Waals surface area (Å²) in [6.45, 7) is 6.50. The molecule has 4 aromatic rings. The standard InChI is InChI=1S/C34H36ClN5O3/c1-22-20-39(23(2)19-38(22)31(24-11-5-3-6-12-24)25-13-7-4-8-14-25)33(42)27-17-26-28(21-40(36)30(26)18-29(27)35)32(41)34(43)37-15-9-10-16-37/h3-8,11-14,17-18,21-23,31H,9-10,15-16,19-20,36H2,1-2H3/t22-,23?/m0/s1. The van der Waals surface area contributed by atoms with E-state index in [1.165, 1.54) is 22.0 Å². The minimum atomic E-state index is -0.625. The van der Waals surface area contributed by atoms with Gasteiger partial charge < -0.3 is 15.6 Å². The first-order chi connectivity index (χ1) is 20.7. The maximum atomic E-state index is 14.1. The van der Waals surface area contributed by atoms with Crippen LogP contribution in [0.5, 0.6) is 0 Å². The van der Waals surface area contributed by atoms with Crippen molar-refractivity contribution in [2.75, 3.05) is 32.0 Å². The van der Waals surface area contributed by atoms with Crippen LogP contribution < -0.4 is 5.84 Å². The number of nitrogens with zero attached hydrogens (tertiary/aromatic N) is 4. The van der Waals surface area contributed by atoms with E-state index < -0.39 is 11.7 Å². The van der Waals surface area contributed by atoms with Crippen LogP contribution in [-0.4, -0.2) is 75.2 Å². The molecule has 222 valence electrons. The van der Waals surface area contributed by atoms with E-state index in [-0.39, 0.29) is 34.6 Å². The van der Waals surface area contributed by atoms with Gasteiger partial charge in [0.25, 0.3) is 17.6 Å². The van der Waals surface area contributed by atoms with E-state index >= 15 is 0 Å². The number of carbonyl (C=O) groups excluding carboxylic acids is 3. The molecule has 2 N–H and O–H groups in total. The molecule has 3 heterocycles. The van der Waals surface area contributed by atoms with E-state index in [0.29, 0.717) is 42.6 Å². The second-order valence-electron chi connectivity index (χ2n) is 11.7. The van der Waals surface area contributed by atoms with Crippen molar-refractivity contribution in [3.63, 3.8) is 0 Å². The van der Waals surface area contributed by atoms with Gasteiger partial charge in [0, 0.05) is 49.8 Å². The lowest BCUT2D eigenvalue weighted by Crippen LogP contribution is -2.58. The minimum Gasteiger partial charge on any atom is -0.339 e. The molecule has 0 bridgehead atoms. The number of nitrogens with two attached hydrogens (primary N) is 1. The van der Waals surface area contributed by atoms with Crippen molar-refractivity contribution in [2.45, 2.75) is 44.8 Å². The van der Waals surface area contributed by atoms with E-state index in [4.69, 9.17) is 17.4 Å². The number of piperazine rings is 1. The van der Waals surface area contributed by atoms with Crippen molar-refractivity contribution in [1.82, 2.24) is 19.4 Å². The Hall–Kier alpha value is -4.14. The maximum Gasteiger partial charge on any atom is 0.295 e. The van der Waals surface area contributed by atoms with Gasteiger partial charge in [-0.3, -0.25) is 24.0 Å². The van der Waals surface area contributed by atoms with Crippen LogP contribution in [0.3, 0.4) is 0 Å². The van der Waals surface area contributed by atoms with Crippen molar-refractivity contribution in [3.05, 3.63) is 106 Å². The molecular weight excluding hydrogens is 562 g/mol. The molecule has 2 saturated heterocycles. The highest BCUT2D eigenvalue weighted by Gasteiger charge is 2.38. The van der Waals surface area contributed by atoms with Gasteiger partial charge >= 0.3 is 0 Å². The fourth-order valence-electron chi connectivity index (χ4n) is 6.59. The average molecular weight is 598 g/mol. The number of rotatable bonds is 6. The summed E-state index contributed by atoms with van der Waals surface area (Å²) in [5, 5.41) is 0.696. The lowest BCUT2D eigenvalue weighted by Gasteiger charge is -2.47. The Balaban J connectivity index is 1.29. The smallest absolute Gasteiger partial charge is 0.295 e. The number of likely N-dealkylation sites (tertiary alicyclic amines) is 1. The third-order valence-electron chi connectivity index (χ3n) is 8.84. The number of Topliss-reactive ketones (excluding diaryl/α,β-unsaturated/α-hetero) is 1. The van der Waals surface area contributed by atoms with Crippen LogP contribution in [0.4, 0.5) is 0 Å². The SMILES string of the molecule is CC1CN(C(c2ccccc2)c2ccccc2)[C@@H](C)CN1C(=O)c1cc2c(C(=O)C(=O)N3CCCC3)cn(N)c2cc1Cl. The molecule has 9 heteroatoms. The van der Waals surface area contributed by atoms with Crippen molar-refractivity contribution in [2.24, 2.45) is 0 Å². The molecule has 2 amide bonds. The number of fused-ring (bicyclic) bond motifs is 1. The Bertz CT molecular complexity index is 1630. The number of nitrogen functional groups attached to an aromatic ring is 1. The number of carbonyl (C=O) groups is 3. The Kier molecular flexibility index (Phi) is 7.99. The number of aromatic nitrogens is 1. The number of hydrogen-bond donors (Lipinski definition) is 1. The van der Waals surface area contributed by atoms with Crippen LogP contribution >= 0.6 is 11.6 Å². The summed E-state index contributed by atoms with van der Waals surface area (Å²) in [6, 6.07) is 24.1. The highest BCUT2D eigenvalue weighted by atomic mass is 35.5. The zero-order valence-corrected chi connectivity index (χ0v) is 25.2. The molecule has 0 saturated carbocycles.